The molecule has 1 aliphatic rings. The smallest absolute Gasteiger partial charge is 0.321 e. The van der Waals surface area contributed by atoms with Crippen LogP contribution in [0.2, 0.25) is 0 Å². The van der Waals surface area contributed by atoms with Gasteiger partial charge in [-0.15, -0.1) is 0 Å². The van der Waals surface area contributed by atoms with Crippen LogP contribution in [-0.4, -0.2) is 22.1 Å². The Kier molecular flexibility index (Phi) is 2.00. The van der Waals surface area contributed by atoms with Gasteiger partial charge in [0.1, 0.15) is 6.04 Å². The van der Waals surface area contributed by atoms with Gasteiger partial charge in [-0.05, 0) is 30.5 Å². The molecule has 0 spiro atoms. The van der Waals surface area contributed by atoms with E-state index in [4.69, 9.17) is 10.8 Å². The van der Waals surface area contributed by atoms with Gasteiger partial charge >= 0.3 is 5.97 Å². The van der Waals surface area contributed by atoms with Crippen LogP contribution in [0.3, 0.4) is 0 Å². The number of carboxylic acid groups (broad SMARTS) is 1. The SMILES string of the molecule is NC(C(=O)O)C1(c2ccncc2)CC1. The highest BCUT2D eigenvalue weighted by atomic mass is 16.4. The fourth-order valence-electron chi connectivity index (χ4n) is 1.83. The van der Waals surface area contributed by atoms with Gasteiger partial charge in [-0.2, -0.15) is 0 Å². The Morgan fingerprint density at radius 1 is 1.50 bits per heavy atom. The number of nitrogens with two attached hydrogens (primary N) is 1. The number of carboxylic acids is 1. The average Bonchev–Trinajstić information content (AvgIpc) is 2.99. The molecule has 2 rings (SSSR count). The summed E-state index contributed by atoms with van der Waals surface area (Å²) in [4.78, 5) is 14.7. The first-order chi connectivity index (χ1) is 6.67. The van der Waals surface area contributed by atoms with Crippen molar-refractivity contribution in [1.82, 2.24) is 4.98 Å². The number of aromatic nitrogens is 1. The van der Waals surface area contributed by atoms with Gasteiger partial charge in [0, 0.05) is 17.8 Å². The van der Waals surface area contributed by atoms with E-state index >= 15 is 0 Å². The van der Waals surface area contributed by atoms with Gasteiger partial charge < -0.3 is 10.8 Å². The van der Waals surface area contributed by atoms with Crippen LogP contribution in [0.15, 0.2) is 24.5 Å². The maximum absolute atomic E-state index is 10.8. The van der Waals surface area contributed by atoms with Crippen molar-refractivity contribution in [2.45, 2.75) is 24.3 Å². The lowest BCUT2D eigenvalue weighted by atomic mass is 9.89. The van der Waals surface area contributed by atoms with E-state index in [1.54, 1.807) is 12.4 Å². The van der Waals surface area contributed by atoms with Crippen molar-refractivity contribution in [3.05, 3.63) is 30.1 Å². The van der Waals surface area contributed by atoms with Gasteiger partial charge in [-0.3, -0.25) is 9.78 Å². The molecule has 1 fully saturated rings. The minimum absolute atomic E-state index is 0.339. The van der Waals surface area contributed by atoms with Crippen molar-refractivity contribution < 1.29 is 9.90 Å². The Labute approximate surface area is 81.8 Å². The minimum Gasteiger partial charge on any atom is -0.480 e. The molecule has 1 aromatic rings. The van der Waals surface area contributed by atoms with Crippen LogP contribution in [0.1, 0.15) is 18.4 Å². The number of pyridine rings is 1. The summed E-state index contributed by atoms with van der Waals surface area (Å²) < 4.78 is 0. The summed E-state index contributed by atoms with van der Waals surface area (Å²) in [5.74, 6) is -0.931. The molecule has 74 valence electrons. The van der Waals surface area contributed by atoms with Crippen molar-refractivity contribution >= 4 is 5.97 Å². The van der Waals surface area contributed by atoms with Crippen molar-refractivity contribution in [1.29, 1.82) is 0 Å². The Morgan fingerprint density at radius 2 is 2.07 bits per heavy atom. The van der Waals surface area contributed by atoms with E-state index in [1.165, 1.54) is 0 Å². The normalized spacial score (nSPS) is 20.1. The number of hydrogen-bond donors (Lipinski definition) is 2. The second-order valence-corrected chi connectivity index (χ2v) is 3.71. The summed E-state index contributed by atoms with van der Waals surface area (Å²) in [6.07, 6.45) is 5.04. The predicted octanol–water partition coefficient (Wildman–Crippen LogP) is 0.525. The third kappa shape index (κ3) is 1.28. The standard InChI is InChI=1S/C10H12N2O2/c11-8(9(13)14)10(3-4-10)7-1-5-12-6-2-7/h1-2,5-6,8H,3-4,11H2,(H,13,14). The minimum atomic E-state index is -0.931. The number of nitrogens with zero attached hydrogens (tertiary/aromatic N) is 1. The summed E-state index contributed by atoms with van der Waals surface area (Å²) >= 11 is 0. The molecule has 4 heteroatoms. The summed E-state index contributed by atoms with van der Waals surface area (Å²) in [7, 11) is 0. The van der Waals surface area contributed by atoms with Crippen LogP contribution in [0, 0.1) is 0 Å². The number of aliphatic carboxylic acids is 1. The first-order valence-electron chi connectivity index (χ1n) is 4.56. The molecule has 1 atom stereocenters. The van der Waals surface area contributed by atoms with Crippen LogP contribution in [0.5, 0.6) is 0 Å². The zero-order valence-electron chi connectivity index (χ0n) is 7.68. The Bertz CT molecular complexity index is 346. The summed E-state index contributed by atoms with van der Waals surface area (Å²) in [6, 6.07) is 2.89. The quantitative estimate of drug-likeness (QED) is 0.732. The maximum atomic E-state index is 10.8. The highest BCUT2D eigenvalue weighted by Gasteiger charge is 2.52. The largest absolute Gasteiger partial charge is 0.480 e. The molecule has 0 amide bonds. The molecule has 3 N–H and O–H groups in total. The monoisotopic (exact) mass is 192 g/mol. The molecule has 1 heterocycles. The van der Waals surface area contributed by atoms with Crippen molar-refractivity contribution in [2.24, 2.45) is 5.73 Å². The second-order valence-electron chi connectivity index (χ2n) is 3.71. The third-order valence-corrected chi connectivity index (χ3v) is 2.91. The molecule has 0 bridgehead atoms. The Hall–Kier alpha value is -1.42. The molecule has 1 saturated carbocycles. The fourth-order valence-corrected chi connectivity index (χ4v) is 1.83. The van der Waals surface area contributed by atoms with E-state index < -0.39 is 12.0 Å². The third-order valence-electron chi connectivity index (χ3n) is 2.91. The van der Waals surface area contributed by atoms with Crippen molar-refractivity contribution in [2.75, 3.05) is 0 Å². The zero-order chi connectivity index (χ0) is 10.2. The van der Waals surface area contributed by atoms with Crippen LogP contribution in [0.25, 0.3) is 0 Å². The van der Waals surface area contributed by atoms with Crippen LogP contribution in [-0.2, 0) is 10.2 Å². The number of rotatable bonds is 3. The van der Waals surface area contributed by atoms with Crippen LogP contribution in [0.4, 0.5) is 0 Å². The summed E-state index contributed by atoms with van der Waals surface area (Å²) in [5.41, 5.74) is 6.32. The zero-order valence-corrected chi connectivity index (χ0v) is 7.68. The van der Waals surface area contributed by atoms with Crippen molar-refractivity contribution in [3.63, 3.8) is 0 Å². The van der Waals surface area contributed by atoms with E-state index in [0.717, 1.165) is 18.4 Å². The second kappa shape index (κ2) is 3.06. The van der Waals surface area contributed by atoms with Gasteiger partial charge in [0.25, 0.3) is 0 Å². The van der Waals surface area contributed by atoms with E-state index in [1.807, 2.05) is 12.1 Å². The van der Waals surface area contributed by atoms with Gasteiger partial charge in [0.2, 0.25) is 0 Å². The Morgan fingerprint density at radius 3 is 2.50 bits per heavy atom. The molecule has 0 aromatic carbocycles. The number of hydrogen-bond acceptors (Lipinski definition) is 3. The van der Waals surface area contributed by atoms with Crippen molar-refractivity contribution in [3.8, 4) is 0 Å². The molecular weight excluding hydrogens is 180 g/mol. The lowest BCUT2D eigenvalue weighted by Gasteiger charge is -2.19. The topological polar surface area (TPSA) is 76.2 Å². The molecule has 14 heavy (non-hydrogen) atoms. The van der Waals surface area contributed by atoms with Crippen LogP contribution < -0.4 is 5.73 Å². The molecule has 4 nitrogen and oxygen atoms in total. The molecule has 0 radical (unpaired) electrons. The predicted molar refractivity (Wildman–Crippen MR) is 50.8 cm³/mol. The Balaban J connectivity index is 2.30. The van der Waals surface area contributed by atoms with Gasteiger partial charge in [-0.1, -0.05) is 0 Å². The van der Waals surface area contributed by atoms with E-state index in [0.29, 0.717) is 0 Å². The highest BCUT2D eigenvalue weighted by Crippen LogP contribution is 2.50. The molecule has 0 aliphatic heterocycles. The number of carbonyl (C=O) groups is 1. The van der Waals surface area contributed by atoms with E-state index in [-0.39, 0.29) is 5.41 Å². The first kappa shape index (κ1) is 9.15. The molecule has 1 unspecified atom stereocenters. The summed E-state index contributed by atoms with van der Waals surface area (Å²) in [5, 5.41) is 8.88. The van der Waals surface area contributed by atoms with Gasteiger partial charge in [-0.25, -0.2) is 0 Å². The highest BCUT2D eigenvalue weighted by molar-refractivity contribution is 5.76. The average molecular weight is 192 g/mol. The lowest BCUT2D eigenvalue weighted by molar-refractivity contribution is -0.139. The molecule has 1 aliphatic carbocycles. The van der Waals surface area contributed by atoms with Crippen LogP contribution >= 0.6 is 0 Å². The van der Waals surface area contributed by atoms with Gasteiger partial charge in [0.05, 0.1) is 0 Å². The molecule has 1 aromatic heterocycles. The molecule has 0 saturated heterocycles. The van der Waals surface area contributed by atoms with E-state index in [9.17, 15) is 4.79 Å². The lowest BCUT2D eigenvalue weighted by Crippen LogP contribution is -2.41. The van der Waals surface area contributed by atoms with E-state index in [2.05, 4.69) is 4.98 Å². The fraction of sp³-hybridized carbons (Fsp3) is 0.400. The summed E-state index contributed by atoms with van der Waals surface area (Å²) in [6.45, 7) is 0. The first-order valence-corrected chi connectivity index (χ1v) is 4.56. The van der Waals surface area contributed by atoms with Gasteiger partial charge in [0.15, 0.2) is 0 Å². The maximum Gasteiger partial charge on any atom is 0.321 e. The molecular formula is C10H12N2O2.